The van der Waals surface area contributed by atoms with E-state index in [1.165, 1.54) is 83.5 Å². The minimum Gasteiger partial charge on any atom is -1.00 e. The molecule has 0 radical (unpaired) electrons. The zero-order valence-electron chi connectivity index (χ0n) is 17.4. The topological polar surface area (TPSA) is 77.8 Å². The monoisotopic (exact) mass is 404 g/mol. The number of hydrogen-bond acceptors (Lipinski definition) is 3. The van der Waals surface area contributed by atoms with Crippen molar-refractivity contribution in [2.75, 3.05) is 13.2 Å². The predicted octanol–water partition coefficient (Wildman–Crippen LogP) is -0.688. The molecular weight excluding hydrogens is 363 g/mol. The SMILES string of the molecule is CCCCCCCCCCCCCCCCCC(=O)O.OCCO.[Cl-].[Na+]. The predicted molar refractivity (Wildman–Crippen MR) is 101 cm³/mol. The summed E-state index contributed by atoms with van der Waals surface area (Å²) in [5.74, 6) is -0.653. The van der Waals surface area contributed by atoms with Gasteiger partial charge in [-0.3, -0.25) is 4.79 Å². The van der Waals surface area contributed by atoms with Gasteiger partial charge in [-0.1, -0.05) is 96.8 Å². The van der Waals surface area contributed by atoms with Gasteiger partial charge in [-0.25, -0.2) is 0 Å². The maximum Gasteiger partial charge on any atom is 1.00 e. The summed E-state index contributed by atoms with van der Waals surface area (Å²) in [4.78, 5) is 10.3. The van der Waals surface area contributed by atoms with Crippen LogP contribution in [0.3, 0.4) is 0 Å². The second-order valence-electron chi connectivity index (χ2n) is 6.54. The number of unbranched alkanes of at least 4 members (excludes halogenated alkanes) is 14. The molecule has 4 nitrogen and oxygen atoms in total. The Morgan fingerprint density at radius 3 is 1.12 bits per heavy atom. The molecule has 0 rings (SSSR count). The summed E-state index contributed by atoms with van der Waals surface area (Å²) < 4.78 is 0. The van der Waals surface area contributed by atoms with E-state index in [-0.39, 0.29) is 55.2 Å². The molecule has 0 unspecified atom stereocenters. The first-order valence-electron chi connectivity index (χ1n) is 10.1. The van der Waals surface area contributed by atoms with E-state index in [0.717, 1.165) is 12.8 Å². The van der Waals surface area contributed by atoms with Crippen LogP contribution < -0.4 is 42.0 Å². The fourth-order valence-corrected chi connectivity index (χ4v) is 2.65. The van der Waals surface area contributed by atoms with Crippen LogP contribution in [0.2, 0.25) is 0 Å². The molecule has 0 saturated carbocycles. The average Bonchev–Trinajstić information content (AvgIpc) is 2.58. The van der Waals surface area contributed by atoms with E-state index in [4.69, 9.17) is 15.3 Å². The number of rotatable bonds is 17. The van der Waals surface area contributed by atoms with E-state index in [9.17, 15) is 4.79 Å². The molecule has 0 saturated heterocycles. The van der Waals surface area contributed by atoms with Crippen molar-refractivity contribution in [3.63, 3.8) is 0 Å². The molecule has 0 atom stereocenters. The first-order chi connectivity index (χ1) is 11.7. The second-order valence-corrected chi connectivity index (χ2v) is 6.54. The van der Waals surface area contributed by atoms with E-state index in [0.29, 0.717) is 6.42 Å². The van der Waals surface area contributed by atoms with Crippen LogP contribution in [0.15, 0.2) is 0 Å². The Bertz CT molecular complexity index is 242. The summed E-state index contributed by atoms with van der Waals surface area (Å²) in [6.45, 7) is 2.02. The number of aliphatic hydroxyl groups excluding tert-OH is 2. The summed E-state index contributed by atoms with van der Waals surface area (Å²) >= 11 is 0. The molecule has 0 aromatic rings. The molecule has 0 spiro atoms. The Balaban J connectivity index is -0.000000363. The number of aliphatic carboxylic acids is 1. The fourth-order valence-electron chi connectivity index (χ4n) is 2.65. The van der Waals surface area contributed by atoms with Crippen molar-refractivity contribution < 1.29 is 62.1 Å². The summed E-state index contributed by atoms with van der Waals surface area (Å²) in [7, 11) is 0. The van der Waals surface area contributed by atoms with E-state index in [1.807, 2.05) is 0 Å². The molecule has 6 heteroatoms. The number of carboxylic acids is 1. The molecular formula is C20H42ClNaO4. The van der Waals surface area contributed by atoms with E-state index < -0.39 is 5.97 Å². The normalized spacial score (nSPS) is 9.50. The Morgan fingerprint density at radius 1 is 0.615 bits per heavy atom. The third-order valence-electron chi connectivity index (χ3n) is 4.09. The third-order valence-corrected chi connectivity index (χ3v) is 4.09. The van der Waals surface area contributed by atoms with Crippen LogP contribution in [0.1, 0.15) is 110 Å². The van der Waals surface area contributed by atoms with Gasteiger partial charge in [0.1, 0.15) is 0 Å². The van der Waals surface area contributed by atoms with Crippen molar-refractivity contribution in [2.45, 2.75) is 110 Å². The number of halogens is 1. The minimum absolute atomic E-state index is 0. The number of carboxylic acid groups (broad SMARTS) is 1. The first-order valence-corrected chi connectivity index (χ1v) is 10.1. The number of aliphatic hydroxyl groups is 2. The quantitative estimate of drug-likeness (QED) is 0.221. The van der Waals surface area contributed by atoms with Crippen molar-refractivity contribution in [3.8, 4) is 0 Å². The van der Waals surface area contributed by atoms with Crippen LogP contribution >= 0.6 is 0 Å². The van der Waals surface area contributed by atoms with Crippen LogP contribution in [0.4, 0.5) is 0 Å². The zero-order chi connectivity index (χ0) is 18.3. The van der Waals surface area contributed by atoms with Crippen molar-refractivity contribution in [1.82, 2.24) is 0 Å². The van der Waals surface area contributed by atoms with Gasteiger partial charge in [-0.15, -0.1) is 0 Å². The van der Waals surface area contributed by atoms with Gasteiger partial charge in [0.25, 0.3) is 0 Å². The standard InChI is InChI=1S/C18H36O2.C2H6O2.ClH.Na/c1-2-3-4-5-6-7-8-9-10-11-12-13-14-15-16-17-18(19)20;3-1-2-4;;/h2-17H2,1H3,(H,19,20);3-4H,1-2H2;1H;/q;;;+1/p-1. The Hall–Kier alpha value is 0.680. The van der Waals surface area contributed by atoms with Gasteiger partial charge in [0.2, 0.25) is 0 Å². The van der Waals surface area contributed by atoms with Gasteiger partial charge < -0.3 is 27.7 Å². The van der Waals surface area contributed by atoms with Crippen LogP contribution in [0, 0.1) is 0 Å². The molecule has 0 aromatic heterocycles. The first kappa shape index (κ1) is 34.2. The third kappa shape index (κ3) is 39.7. The molecule has 0 aliphatic rings. The zero-order valence-corrected chi connectivity index (χ0v) is 20.1. The fraction of sp³-hybridized carbons (Fsp3) is 0.950. The largest absolute Gasteiger partial charge is 1.00 e. The molecule has 154 valence electrons. The van der Waals surface area contributed by atoms with Crippen LogP contribution in [0.5, 0.6) is 0 Å². The summed E-state index contributed by atoms with van der Waals surface area (Å²) in [6.07, 6.45) is 20.2. The van der Waals surface area contributed by atoms with Crippen molar-refractivity contribution >= 4 is 5.97 Å². The van der Waals surface area contributed by atoms with Crippen LogP contribution in [-0.4, -0.2) is 34.5 Å². The molecule has 0 fully saturated rings. The summed E-state index contributed by atoms with van der Waals surface area (Å²) in [6, 6.07) is 0. The van der Waals surface area contributed by atoms with Crippen LogP contribution in [-0.2, 0) is 4.79 Å². The molecule has 0 aliphatic carbocycles. The second kappa shape index (κ2) is 33.3. The summed E-state index contributed by atoms with van der Waals surface area (Å²) in [5.41, 5.74) is 0. The smallest absolute Gasteiger partial charge is 1.00 e. The van der Waals surface area contributed by atoms with Gasteiger partial charge in [0.15, 0.2) is 0 Å². The van der Waals surface area contributed by atoms with Gasteiger partial charge in [-0.2, -0.15) is 0 Å². The average molecular weight is 405 g/mol. The Kier molecular flexibility index (Phi) is 43.8. The molecule has 26 heavy (non-hydrogen) atoms. The van der Waals surface area contributed by atoms with Crippen molar-refractivity contribution in [1.29, 1.82) is 0 Å². The van der Waals surface area contributed by atoms with E-state index in [1.54, 1.807) is 0 Å². The number of carbonyl (C=O) groups is 1. The molecule has 0 heterocycles. The summed E-state index contributed by atoms with van der Waals surface area (Å²) in [5, 5.41) is 23.8. The molecule has 0 amide bonds. The van der Waals surface area contributed by atoms with Crippen LogP contribution in [0.25, 0.3) is 0 Å². The molecule has 0 aliphatic heterocycles. The van der Waals surface area contributed by atoms with Crippen molar-refractivity contribution in [3.05, 3.63) is 0 Å². The van der Waals surface area contributed by atoms with Gasteiger partial charge in [-0.05, 0) is 6.42 Å². The minimum atomic E-state index is -0.653. The van der Waals surface area contributed by atoms with Gasteiger partial charge in [0.05, 0.1) is 13.2 Å². The molecule has 0 bridgehead atoms. The molecule has 3 N–H and O–H groups in total. The maximum absolute atomic E-state index is 10.3. The van der Waals surface area contributed by atoms with E-state index in [2.05, 4.69) is 6.92 Å². The Morgan fingerprint density at radius 2 is 0.885 bits per heavy atom. The van der Waals surface area contributed by atoms with Crippen molar-refractivity contribution in [2.24, 2.45) is 0 Å². The Labute approximate surface area is 190 Å². The van der Waals surface area contributed by atoms with Gasteiger partial charge >= 0.3 is 35.5 Å². The van der Waals surface area contributed by atoms with Gasteiger partial charge in [0, 0.05) is 6.42 Å². The molecule has 0 aromatic carbocycles. The van der Waals surface area contributed by atoms with E-state index >= 15 is 0 Å². The number of hydrogen-bond donors (Lipinski definition) is 3. The maximum atomic E-state index is 10.3.